The van der Waals surface area contributed by atoms with Gasteiger partial charge in [-0.1, -0.05) is 206 Å². The summed E-state index contributed by atoms with van der Waals surface area (Å²) in [4.78, 5) is 12.4. The molecule has 0 bridgehead atoms. The number of hydrogen-bond acceptors (Lipinski definition) is 4. The van der Waals surface area contributed by atoms with Crippen LogP contribution in [-0.4, -0.2) is 46.1 Å². The Kier molecular flexibility index (Phi) is 35.2. The SMILES string of the molecule is CCCCCCCCCC/C=C/C(O)C(CO)NC(=O)C(O)CCCCCCCCCCCCCCCCCCCCCCC. The predicted octanol–water partition coefficient (Wildman–Crippen LogP) is 10.9. The molecule has 268 valence electrons. The lowest BCUT2D eigenvalue weighted by Gasteiger charge is -2.21. The first-order chi connectivity index (χ1) is 22.1. The molecular weight excluding hydrogens is 558 g/mol. The van der Waals surface area contributed by atoms with Crippen molar-refractivity contribution >= 4 is 5.91 Å². The van der Waals surface area contributed by atoms with Crippen LogP contribution < -0.4 is 5.32 Å². The van der Waals surface area contributed by atoms with Crippen molar-refractivity contribution in [1.82, 2.24) is 5.32 Å². The molecule has 0 saturated carbocycles. The van der Waals surface area contributed by atoms with Gasteiger partial charge in [0.25, 0.3) is 0 Å². The highest BCUT2D eigenvalue weighted by Gasteiger charge is 2.22. The molecule has 0 aliphatic rings. The van der Waals surface area contributed by atoms with E-state index in [4.69, 9.17) is 0 Å². The zero-order chi connectivity index (χ0) is 33.1. The maximum Gasteiger partial charge on any atom is 0.249 e. The third-order valence-corrected chi connectivity index (χ3v) is 9.38. The Hall–Kier alpha value is -0.910. The summed E-state index contributed by atoms with van der Waals surface area (Å²) < 4.78 is 0. The molecule has 0 heterocycles. The Bertz CT molecular complexity index is 625. The molecule has 5 nitrogen and oxygen atoms in total. The van der Waals surface area contributed by atoms with Crippen LogP contribution in [0, 0.1) is 0 Å². The fraction of sp³-hybridized carbons (Fsp3) is 0.925. The molecule has 3 unspecified atom stereocenters. The predicted molar refractivity (Wildman–Crippen MR) is 195 cm³/mol. The lowest BCUT2D eigenvalue weighted by atomic mass is 10.0. The zero-order valence-corrected chi connectivity index (χ0v) is 30.3. The summed E-state index contributed by atoms with van der Waals surface area (Å²) in [6.45, 7) is 4.16. The highest BCUT2D eigenvalue weighted by molar-refractivity contribution is 5.80. The van der Waals surface area contributed by atoms with E-state index in [0.29, 0.717) is 6.42 Å². The number of carbonyl (C=O) groups excluding carboxylic acids is 1. The number of aliphatic hydroxyl groups excluding tert-OH is 3. The molecule has 0 aliphatic carbocycles. The van der Waals surface area contributed by atoms with Crippen molar-refractivity contribution in [1.29, 1.82) is 0 Å². The van der Waals surface area contributed by atoms with Crippen LogP contribution in [-0.2, 0) is 4.79 Å². The molecule has 4 N–H and O–H groups in total. The van der Waals surface area contributed by atoms with Crippen LogP contribution in [0.15, 0.2) is 12.2 Å². The molecule has 5 heteroatoms. The fourth-order valence-electron chi connectivity index (χ4n) is 6.18. The standard InChI is InChI=1S/C40H79NO4/c1-3-5-7-9-11-13-15-16-17-18-19-20-21-22-23-24-25-27-29-31-33-35-39(44)40(45)41-37(36-42)38(43)34-32-30-28-26-14-12-10-8-6-4-2/h32,34,37-39,42-44H,3-31,33,35-36H2,1-2H3,(H,41,45)/b34-32+. The maximum atomic E-state index is 12.4. The first kappa shape index (κ1) is 44.1. The largest absolute Gasteiger partial charge is 0.394 e. The van der Waals surface area contributed by atoms with Crippen LogP contribution in [0.3, 0.4) is 0 Å². The van der Waals surface area contributed by atoms with Crippen LogP contribution in [0.4, 0.5) is 0 Å². The van der Waals surface area contributed by atoms with Gasteiger partial charge in [-0.25, -0.2) is 0 Å². The highest BCUT2D eigenvalue weighted by Crippen LogP contribution is 2.16. The van der Waals surface area contributed by atoms with E-state index in [9.17, 15) is 20.1 Å². The van der Waals surface area contributed by atoms with Crippen molar-refractivity contribution in [3.63, 3.8) is 0 Å². The first-order valence-electron chi connectivity index (χ1n) is 20.0. The molecule has 3 atom stereocenters. The lowest BCUT2D eigenvalue weighted by molar-refractivity contribution is -0.131. The molecule has 0 aromatic carbocycles. The van der Waals surface area contributed by atoms with Gasteiger partial charge >= 0.3 is 0 Å². The normalized spacial score (nSPS) is 13.8. The second-order valence-electron chi connectivity index (χ2n) is 13.9. The van der Waals surface area contributed by atoms with Crippen molar-refractivity contribution in [2.45, 2.75) is 231 Å². The zero-order valence-electron chi connectivity index (χ0n) is 30.3. The average molecular weight is 638 g/mol. The smallest absolute Gasteiger partial charge is 0.249 e. The van der Waals surface area contributed by atoms with Gasteiger partial charge in [0.05, 0.1) is 18.8 Å². The molecule has 0 aromatic rings. The topological polar surface area (TPSA) is 89.8 Å². The van der Waals surface area contributed by atoms with Gasteiger partial charge in [-0.05, 0) is 19.3 Å². The quantitative estimate of drug-likeness (QED) is 0.0406. The maximum absolute atomic E-state index is 12.4. The molecule has 0 spiro atoms. The van der Waals surface area contributed by atoms with Crippen LogP contribution in [0.2, 0.25) is 0 Å². The average Bonchev–Trinajstić information content (AvgIpc) is 3.04. The van der Waals surface area contributed by atoms with E-state index in [0.717, 1.165) is 32.1 Å². The van der Waals surface area contributed by atoms with Gasteiger partial charge in [0.15, 0.2) is 0 Å². The van der Waals surface area contributed by atoms with E-state index in [-0.39, 0.29) is 6.61 Å². The Morgan fingerprint density at radius 3 is 1.22 bits per heavy atom. The fourth-order valence-corrected chi connectivity index (χ4v) is 6.18. The van der Waals surface area contributed by atoms with Gasteiger partial charge in [0.1, 0.15) is 6.10 Å². The van der Waals surface area contributed by atoms with Crippen molar-refractivity contribution in [3.05, 3.63) is 12.2 Å². The van der Waals surface area contributed by atoms with Crippen molar-refractivity contribution < 1.29 is 20.1 Å². The van der Waals surface area contributed by atoms with Crippen LogP contribution in [0.5, 0.6) is 0 Å². The lowest BCUT2D eigenvalue weighted by Crippen LogP contribution is -2.48. The van der Waals surface area contributed by atoms with E-state index in [1.54, 1.807) is 6.08 Å². The molecule has 0 fully saturated rings. The third-order valence-electron chi connectivity index (χ3n) is 9.38. The van der Waals surface area contributed by atoms with Crippen LogP contribution in [0.25, 0.3) is 0 Å². The monoisotopic (exact) mass is 638 g/mol. The van der Waals surface area contributed by atoms with E-state index in [1.165, 1.54) is 161 Å². The number of amides is 1. The van der Waals surface area contributed by atoms with Gasteiger partial charge in [0, 0.05) is 0 Å². The van der Waals surface area contributed by atoms with E-state index >= 15 is 0 Å². The van der Waals surface area contributed by atoms with E-state index < -0.39 is 24.2 Å². The van der Waals surface area contributed by atoms with Crippen LogP contribution in [0.1, 0.15) is 213 Å². The summed E-state index contributed by atoms with van der Waals surface area (Å²) in [7, 11) is 0. The Morgan fingerprint density at radius 1 is 0.533 bits per heavy atom. The summed E-state index contributed by atoms with van der Waals surface area (Å²) in [6, 6.07) is -0.790. The summed E-state index contributed by atoms with van der Waals surface area (Å²) in [5, 5.41) is 32.9. The molecule has 0 saturated heterocycles. The minimum Gasteiger partial charge on any atom is -0.394 e. The molecule has 0 aliphatic heterocycles. The molecule has 0 radical (unpaired) electrons. The third kappa shape index (κ3) is 31.5. The summed E-state index contributed by atoms with van der Waals surface area (Å²) in [5.74, 6) is -0.502. The minimum atomic E-state index is -1.09. The van der Waals surface area contributed by atoms with Gasteiger partial charge in [-0.15, -0.1) is 0 Å². The number of carbonyl (C=O) groups is 1. The summed E-state index contributed by atoms with van der Waals surface area (Å²) >= 11 is 0. The molecule has 1 amide bonds. The highest BCUT2D eigenvalue weighted by atomic mass is 16.3. The van der Waals surface area contributed by atoms with Gasteiger partial charge in [-0.2, -0.15) is 0 Å². The Morgan fingerprint density at radius 2 is 0.867 bits per heavy atom. The van der Waals surface area contributed by atoms with Gasteiger partial charge < -0.3 is 20.6 Å². The van der Waals surface area contributed by atoms with Gasteiger partial charge in [-0.3, -0.25) is 4.79 Å². The number of rotatable bonds is 36. The number of unbranched alkanes of at least 4 members (excludes halogenated alkanes) is 28. The van der Waals surface area contributed by atoms with Crippen molar-refractivity contribution in [2.24, 2.45) is 0 Å². The van der Waals surface area contributed by atoms with Crippen molar-refractivity contribution in [3.8, 4) is 0 Å². The van der Waals surface area contributed by atoms with E-state index in [1.807, 2.05) is 6.08 Å². The Balaban J connectivity index is 3.60. The second-order valence-corrected chi connectivity index (χ2v) is 13.9. The number of nitrogens with one attached hydrogen (secondary N) is 1. The molecule has 0 rings (SSSR count). The molecule has 0 aromatic heterocycles. The van der Waals surface area contributed by atoms with Crippen molar-refractivity contribution in [2.75, 3.05) is 6.61 Å². The summed E-state index contributed by atoms with van der Waals surface area (Å²) in [5.41, 5.74) is 0. The second kappa shape index (κ2) is 35.9. The molecule has 45 heavy (non-hydrogen) atoms. The Labute approximate surface area is 280 Å². The van der Waals surface area contributed by atoms with Crippen LogP contribution >= 0.6 is 0 Å². The number of aliphatic hydroxyl groups is 3. The minimum absolute atomic E-state index is 0.360. The molecular formula is C40H79NO4. The summed E-state index contributed by atoms with van der Waals surface area (Å²) in [6.07, 6.45) is 41.0. The first-order valence-corrected chi connectivity index (χ1v) is 20.0. The number of allylic oxidation sites excluding steroid dienone is 1. The van der Waals surface area contributed by atoms with Gasteiger partial charge in [0.2, 0.25) is 5.91 Å². The number of hydrogen-bond donors (Lipinski definition) is 4. The van der Waals surface area contributed by atoms with E-state index in [2.05, 4.69) is 19.2 Å².